The molecule has 0 radical (unpaired) electrons. The average molecular weight is 825 g/mol. The minimum Gasteiger partial charge on any atom is -0.476 e. The van der Waals surface area contributed by atoms with E-state index in [2.05, 4.69) is 36.1 Å². The van der Waals surface area contributed by atoms with Crippen LogP contribution in [0.3, 0.4) is 0 Å². The van der Waals surface area contributed by atoms with Crippen LogP contribution < -0.4 is 24.4 Å². The van der Waals surface area contributed by atoms with Crippen LogP contribution in [0.25, 0.3) is 21.9 Å². The summed E-state index contributed by atoms with van der Waals surface area (Å²) in [6, 6.07) is 13.2. The molecule has 59 heavy (non-hydrogen) atoms. The highest BCUT2D eigenvalue weighted by molar-refractivity contribution is 7.98. The summed E-state index contributed by atoms with van der Waals surface area (Å²) in [5.74, 6) is 0.0857. The first-order chi connectivity index (χ1) is 28.6. The van der Waals surface area contributed by atoms with Crippen molar-refractivity contribution in [3.63, 3.8) is 0 Å². The van der Waals surface area contributed by atoms with Crippen LogP contribution in [0.4, 0.5) is 25.1 Å². The maximum atomic E-state index is 15.7. The van der Waals surface area contributed by atoms with Crippen LogP contribution in [0, 0.1) is 28.9 Å². The van der Waals surface area contributed by atoms with Crippen molar-refractivity contribution in [2.75, 3.05) is 49.5 Å². The Morgan fingerprint density at radius 2 is 1.81 bits per heavy atom. The van der Waals surface area contributed by atoms with E-state index in [-0.39, 0.29) is 41.9 Å². The van der Waals surface area contributed by atoms with Crippen molar-refractivity contribution >= 4 is 57.5 Å². The van der Waals surface area contributed by atoms with E-state index in [9.17, 15) is 19.2 Å². The molecule has 2 saturated heterocycles. The first-order valence-electron chi connectivity index (χ1n) is 20.0. The zero-order chi connectivity index (χ0) is 41.2. The molecule has 5 aromatic rings. The van der Waals surface area contributed by atoms with E-state index in [0.29, 0.717) is 63.7 Å². The summed E-state index contributed by atoms with van der Waals surface area (Å²) in [5.41, 5.74) is 3.10. The van der Waals surface area contributed by atoms with Gasteiger partial charge in [-0.1, -0.05) is 6.92 Å². The number of nitriles is 1. The van der Waals surface area contributed by atoms with E-state index in [1.165, 1.54) is 35.2 Å². The highest BCUT2D eigenvalue weighted by atomic mass is 32.2. The number of carbonyl (C=O) groups is 2. The highest BCUT2D eigenvalue weighted by Crippen LogP contribution is 2.40. The van der Waals surface area contributed by atoms with Crippen molar-refractivity contribution < 1.29 is 27.8 Å². The fourth-order valence-electron chi connectivity index (χ4n) is 8.26. The Labute approximate surface area is 345 Å². The normalized spacial score (nSPS) is 19.3. The lowest BCUT2D eigenvalue weighted by Crippen LogP contribution is -2.49. The number of nitrogens with one attached hydrogen (secondary N) is 2. The molecule has 3 aromatic carbocycles. The van der Waals surface area contributed by atoms with E-state index in [4.69, 9.17) is 9.47 Å². The van der Waals surface area contributed by atoms with Crippen molar-refractivity contribution in [3.05, 3.63) is 71.4 Å². The van der Waals surface area contributed by atoms with Crippen molar-refractivity contribution in [1.29, 1.82) is 5.26 Å². The summed E-state index contributed by atoms with van der Waals surface area (Å²) < 4.78 is 49.5. The van der Waals surface area contributed by atoms with Gasteiger partial charge in [0, 0.05) is 56.2 Å². The molecule has 0 unspecified atom stereocenters. The SMILES string of the molecule is CCN(C)SNc1ccc(F)c(Oc2ccc3ncc(OCC4CCN(C5CCC(c6cc7c(cc6F)c(N6CCC(=O)NC6=O)nn7C)CC5)CC4)nc3c2)c1C#N. The number of carbonyl (C=O) groups excluding carboxylic acids is 2. The number of anilines is 2. The minimum absolute atomic E-state index is 0.0571. The molecule has 0 atom stereocenters. The van der Waals surface area contributed by atoms with E-state index in [1.807, 2.05) is 24.3 Å². The minimum atomic E-state index is -0.652. The Balaban J connectivity index is 0.837. The Morgan fingerprint density at radius 1 is 1.02 bits per heavy atom. The molecule has 1 aliphatic carbocycles. The van der Waals surface area contributed by atoms with E-state index >= 15 is 4.39 Å². The van der Waals surface area contributed by atoms with Crippen molar-refractivity contribution in [2.24, 2.45) is 13.0 Å². The van der Waals surface area contributed by atoms with Crippen molar-refractivity contribution in [2.45, 2.75) is 63.8 Å². The summed E-state index contributed by atoms with van der Waals surface area (Å²) in [6.07, 6.45) is 7.51. The van der Waals surface area contributed by atoms with E-state index in [0.717, 1.165) is 63.7 Å². The van der Waals surface area contributed by atoms with Gasteiger partial charge >= 0.3 is 6.03 Å². The number of hydrogen-bond acceptors (Lipinski definition) is 12. The number of aryl methyl sites for hydroxylation is 1. The Morgan fingerprint density at radius 3 is 2.56 bits per heavy atom. The number of urea groups is 1. The number of amides is 3. The number of hydrogen-bond donors (Lipinski definition) is 2. The number of fused-ring (bicyclic) bond motifs is 2. The van der Waals surface area contributed by atoms with Crippen molar-refractivity contribution in [1.82, 2.24) is 34.3 Å². The maximum Gasteiger partial charge on any atom is 0.329 e. The van der Waals surface area contributed by atoms with Gasteiger partial charge in [0.2, 0.25) is 11.8 Å². The number of imide groups is 1. The smallest absolute Gasteiger partial charge is 0.329 e. The molecule has 0 spiro atoms. The number of nitrogens with zero attached hydrogens (tertiary/aromatic N) is 8. The Bertz CT molecular complexity index is 2430. The van der Waals surface area contributed by atoms with E-state index in [1.54, 1.807) is 36.1 Å². The maximum absolute atomic E-state index is 15.7. The number of piperidine rings is 1. The van der Waals surface area contributed by atoms with Crippen LogP contribution in [0.15, 0.2) is 48.7 Å². The summed E-state index contributed by atoms with van der Waals surface area (Å²) in [4.78, 5) is 37.3. The monoisotopic (exact) mass is 824 g/mol. The van der Waals surface area contributed by atoms with Crippen LogP contribution in [0.5, 0.6) is 17.4 Å². The van der Waals surface area contributed by atoms with Crippen molar-refractivity contribution in [3.8, 4) is 23.4 Å². The van der Waals surface area contributed by atoms with Crippen LogP contribution in [-0.2, 0) is 11.8 Å². The third-order valence-electron chi connectivity index (χ3n) is 11.7. The van der Waals surface area contributed by atoms with Crippen LogP contribution >= 0.6 is 12.1 Å². The van der Waals surface area contributed by atoms with Gasteiger partial charge in [0.05, 0.1) is 35.0 Å². The Hall–Kier alpha value is -5.57. The number of ether oxygens (including phenoxy) is 2. The standard InChI is InChI=1S/C42H46F2N10O4S/c1-4-51(2)59-50-34-12-10-32(43)40(31(34)22-45)58-28-9-11-35-36(19-28)47-39(23-46-35)57-24-25-13-16-53(17-14-25)27-7-5-26(6-8-27)29-21-37-30(20-33(29)44)41(49-52(37)3)54-18-15-38(55)48-42(54)56/h9-12,19-21,23,25-27,50H,4-8,13-18,24H2,1-3H3,(H,48,55,56). The van der Waals surface area contributed by atoms with Gasteiger partial charge in [-0.15, -0.1) is 0 Å². The molecule has 14 nitrogen and oxygen atoms in total. The molecule has 3 fully saturated rings. The van der Waals surface area contributed by atoms with Gasteiger partial charge in [-0.3, -0.25) is 19.7 Å². The molecule has 0 bridgehead atoms. The predicted molar refractivity (Wildman–Crippen MR) is 221 cm³/mol. The Kier molecular flexibility index (Phi) is 11.8. The summed E-state index contributed by atoms with van der Waals surface area (Å²) in [5, 5.41) is 17.3. The number of halogens is 2. The first-order valence-corrected chi connectivity index (χ1v) is 20.8. The molecular weight excluding hydrogens is 779 g/mol. The molecule has 4 heterocycles. The van der Waals surface area contributed by atoms with Crippen LogP contribution in [-0.4, -0.2) is 86.8 Å². The highest BCUT2D eigenvalue weighted by Gasteiger charge is 2.33. The van der Waals surface area contributed by atoms with Gasteiger partial charge < -0.3 is 19.1 Å². The third-order valence-corrected chi connectivity index (χ3v) is 12.6. The molecule has 3 aliphatic rings. The van der Waals surface area contributed by atoms with Crippen LogP contribution in [0.1, 0.15) is 68.9 Å². The summed E-state index contributed by atoms with van der Waals surface area (Å²) in [6.45, 7) is 5.41. The average Bonchev–Trinajstić information content (AvgIpc) is 3.56. The molecule has 3 amide bonds. The van der Waals surface area contributed by atoms with Crippen LogP contribution in [0.2, 0.25) is 0 Å². The van der Waals surface area contributed by atoms with Gasteiger partial charge in [-0.25, -0.2) is 27.8 Å². The summed E-state index contributed by atoms with van der Waals surface area (Å²) in [7, 11) is 3.69. The molecular formula is C42H46F2N10O4S. The first kappa shape index (κ1) is 40.2. The molecule has 17 heteroatoms. The predicted octanol–water partition coefficient (Wildman–Crippen LogP) is 7.65. The lowest BCUT2D eigenvalue weighted by Gasteiger charge is -2.41. The molecule has 2 aromatic heterocycles. The lowest BCUT2D eigenvalue weighted by molar-refractivity contribution is -0.120. The van der Waals surface area contributed by atoms with Gasteiger partial charge in [0.25, 0.3) is 0 Å². The second-order valence-electron chi connectivity index (χ2n) is 15.4. The largest absolute Gasteiger partial charge is 0.476 e. The van der Waals surface area contributed by atoms with Gasteiger partial charge in [-0.2, -0.15) is 10.4 Å². The fourth-order valence-corrected chi connectivity index (χ4v) is 8.82. The molecule has 8 rings (SSSR count). The molecule has 2 aliphatic heterocycles. The number of aromatic nitrogens is 4. The quantitative estimate of drug-likeness (QED) is 0.119. The lowest BCUT2D eigenvalue weighted by atomic mass is 9.80. The van der Waals surface area contributed by atoms with E-state index < -0.39 is 11.8 Å². The zero-order valence-electron chi connectivity index (χ0n) is 33.2. The number of likely N-dealkylation sites (tertiary alicyclic amines) is 1. The third kappa shape index (κ3) is 8.61. The molecule has 308 valence electrons. The van der Waals surface area contributed by atoms with Gasteiger partial charge in [0.1, 0.15) is 23.2 Å². The van der Waals surface area contributed by atoms with Gasteiger partial charge in [-0.05, 0) is 112 Å². The molecule has 2 N–H and O–H groups in total. The zero-order valence-corrected chi connectivity index (χ0v) is 34.0. The fraction of sp³-hybridized carbons (Fsp3) is 0.429. The topological polar surface area (TPSA) is 154 Å². The second kappa shape index (κ2) is 17.3. The molecule has 1 saturated carbocycles. The second-order valence-corrected chi connectivity index (χ2v) is 16.4. The number of benzene rings is 3. The van der Waals surface area contributed by atoms with Gasteiger partial charge in [0.15, 0.2) is 17.4 Å². The number of rotatable bonds is 12. The summed E-state index contributed by atoms with van der Waals surface area (Å²) >= 11 is 1.30.